The van der Waals surface area contributed by atoms with Crippen LogP contribution in [0, 0.1) is 0 Å². The molecule has 0 aliphatic rings. The van der Waals surface area contributed by atoms with E-state index in [2.05, 4.69) is 36.8 Å². The van der Waals surface area contributed by atoms with Crippen molar-refractivity contribution >= 4 is 24.4 Å². The van der Waals surface area contributed by atoms with Crippen LogP contribution in [0.3, 0.4) is 0 Å². The molecular formula is C27H52N2O2S. The van der Waals surface area contributed by atoms with Crippen molar-refractivity contribution in [2.45, 2.75) is 135 Å². The van der Waals surface area contributed by atoms with Gasteiger partial charge in [-0.15, -0.1) is 6.58 Å². The largest absolute Gasteiger partial charge is 0.354 e. The van der Waals surface area contributed by atoms with E-state index in [1.807, 2.05) is 6.08 Å². The average molecular weight is 469 g/mol. The summed E-state index contributed by atoms with van der Waals surface area (Å²) in [5, 5.41) is 5.92. The van der Waals surface area contributed by atoms with Crippen LogP contribution < -0.4 is 10.6 Å². The van der Waals surface area contributed by atoms with E-state index in [9.17, 15) is 9.59 Å². The first-order valence-corrected chi connectivity index (χ1v) is 14.1. The summed E-state index contributed by atoms with van der Waals surface area (Å²) >= 11 is 4.26. The number of rotatable bonds is 24. The molecule has 1 atom stereocenters. The molecule has 0 saturated heterocycles. The number of unbranched alkanes of at least 4 members (excludes halogenated alkanes) is 15. The molecule has 0 rings (SSSR count). The van der Waals surface area contributed by atoms with E-state index >= 15 is 0 Å². The molecule has 0 aromatic carbocycles. The number of hydrogen-bond donors (Lipinski definition) is 3. The third-order valence-corrected chi connectivity index (χ3v) is 6.22. The standard InChI is InChI=1S/C27H52N2O2S/c1-3-5-7-9-11-13-14-16-18-20-23-28-27(31)25(22-24-32)29-26(30)21-19-17-15-12-10-8-6-4-2/h4,25,32H,2-3,5-24H2,1H3,(H,28,31)(H,29,30). The first kappa shape index (κ1) is 31.0. The summed E-state index contributed by atoms with van der Waals surface area (Å²) in [6.07, 6.45) is 23.8. The van der Waals surface area contributed by atoms with Crippen molar-refractivity contribution in [2.24, 2.45) is 0 Å². The zero-order chi connectivity index (χ0) is 23.7. The summed E-state index contributed by atoms with van der Waals surface area (Å²) in [6.45, 7) is 6.69. The maximum Gasteiger partial charge on any atom is 0.242 e. The summed E-state index contributed by atoms with van der Waals surface area (Å²) in [7, 11) is 0. The van der Waals surface area contributed by atoms with Gasteiger partial charge in [0, 0.05) is 13.0 Å². The first-order valence-electron chi connectivity index (χ1n) is 13.4. The Morgan fingerprint density at radius 2 is 1.34 bits per heavy atom. The van der Waals surface area contributed by atoms with Gasteiger partial charge in [-0.05, 0) is 37.9 Å². The maximum atomic E-state index is 12.5. The lowest BCUT2D eigenvalue weighted by atomic mass is 10.1. The third-order valence-electron chi connectivity index (χ3n) is 5.96. The van der Waals surface area contributed by atoms with Crippen LogP contribution in [0.1, 0.15) is 129 Å². The number of carbonyl (C=O) groups is 2. The van der Waals surface area contributed by atoms with Crippen molar-refractivity contribution < 1.29 is 9.59 Å². The molecular weight excluding hydrogens is 416 g/mol. The van der Waals surface area contributed by atoms with E-state index in [1.54, 1.807) is 0 Å². The van der Waals surface area contributed by atoms with Crippen LogP contribution in [0.2, 0.25) is 0 Å². The number of allylic oxidation sites excluding steroid dienone is 1. The van der Waals surface area contributed by atoms with E-state index in [4.69, 9.17) is 0 Å². The minimum Gasteiger partial charge on any atom is -0.354 e. The van der Waals surface area contributed by atoms with Gasteiger partial charge < -0.3 is 10.6 Å². The van der Waals surface area contributed by atoms with E-state index < -0.39 is 6.04 Å². The molecule has 1 unspecified atom stereocenters. The van der Waals surface area contributed by atoms with Crippen LogP contribution in [0.25, 0.3) is 0 Å². The minimum atomic E-state index is -0.456. The van der Waals surface area contributed by atoms with Gasteiger partial charge in [0.05, 0.1) is 0 Å². The highest BCUT2D eigenvalue weighted by Gasteiger charge is 2.19. The van der Waals surface area contributed by atoms with Gasteiger partial charge in [-0.1, -0.05) is 96.5 Å². The van der Waals surface area contributed by atoms with Crippen molar-refractivity contribution in [3.05, 3.63) is 12.7 Å². The smallest absolute Gasteiger partial charge is 0.242 e. The molecule has 2 N–H and O–H groups in total. The molecule has 0 fully saturated rings. The Morgan fingerprint density at radius 3 is 1.91 bits per heavy atom. The highest BCUT2D eigenvalue weighted by Crippen LogP contribution is 2.11. The topological polar surface area (TPSA) is 58.2 Å². The number of hydrogen-bond acceptors (Lipinski definition) is 3. The average Bonchev–Trinajstić information content (AvgIpc) is 2.78. The fourth-order valence-electron chi connectivity index (χ4n) is 3.89. The van der Waals surface area contributed by atoms with E-state index in [0.29, 0.717) is 25.1 Å². The number of amides is 2. The third kappa shape index (κ3) is 20.9. The van der Waals surface area contributed by atoms with E-state index in [0.717, 1.165) is 32.1 Å². The second-order valence-corrected chi connectivity index (χ2v) is 9.50. The molecule has 0 radical (unpaired) electrons. The Morgan fingerprint density at radius 1 is 0.812 bits per heavy atom. The van der Waals surface area contributed by atoms with E-state index in [1.165, 1.54) is 77.0 Å². The molecule has 0 aliphatic heterocycles. The minimum absolute atomic E-state index is 0.0162. The Labute approximate surface area is 204 Å². The Hall–Kier alpha value is -0.970. The monoisotopic (exact) mass is 468 g/mol. The fraction of sp³-hybridized carbons (Fsp3) is 0.852. The molecule has 4 nitrogen and oxygen atoms in total. The zero-order valence-corrected chi connectivity index (χ0v) is 21.9. The van der Waals surface area contributed by atoms with Crippen LogP contribution >= 0.6 is 12.6 Å². The van der Waals surface area contributed by atoms with Crippen LogP contribution in [-0.4, -0.2) is 30.2 Å². The van der Waals surface area contributed by atoms with Crippen LogP contribution in [-0.2, 0) is 9.59 Å². The number of carbonyl (C=O) groups excluding carboxylic acids is 2. The predicted molar refractivity (Wildman–Crippen MR) is 142 cm³/mol. The normalized spacial score (nSPS) is 11.8. The van der Waals surface area contributed by atoms with Gasteiger partial charge >= 0.3 is 0 Å². The van der Waals surface area contributed by atoms with E-state index in [-0.39, 0.29) is 11.8 Å². The lowest BCUT2D eigenvalue weighted by molar-refractivity contribution is -0.129. The van der Waals surface area contributed by atoms with Crippen molar-refractivity contribution in [3.8, 4) is 0 Å². The lowest BCUT2D eigenvalue weighted by Crippen LogP contribution is -2.47. The Balaban J connectivity index is 3.78. The van der Waals surface area contributed by atoms with Crippen molar-refractivity contribution in [3.63, 3.8) is 0 Å². The van der Waals surface area contributed by atoms with Crippen molar-refractivity contribution in [2.75, 3.05) is 12.3 Å². The quantitative estimate of drug-likeness (QED) is 0.0801. The van der Waals surface area contributed by atoms with Crippen LogP contribution in [0.5, 0.6) is 0 Å². The second kappa shape index (κ2) is 24.7. The summed E-state index contributed by atoms with van der Waals surface area (Å²) in [5.74, 6) is 0.504. The summed E-state index contributed by atoms with van der Waals surface area (Å²) in [4.78, 5) is 24.7. The van der Waals surface area contributed by atoms with Crippen molar-refractivity contribution in [1.29, 1.82) is 0 Å². The van der Waals surface area contributed by atoms with Crippen LogP contribution in [0.4, 0.5) is 0 Å². The number of thiol groups is 1. The molecule has 5 heteroatoms. The van der Waals surface area contributed by atoms with Gasteiger partial charge in [-0.25, -0.2) is 0 Å². The summed E-state index contributed by atoms with van der Waals surface area (Å²) < 4.78 is 0. The lowest BCUT2D eigenvalue weighted by Gasteiger charge is -2.18. The molecule has 0 aromatic rings. The predicted octanol–water partition coefficient (Wildman–Crippen LogP) is 7.14. The Bertz CT molecular complexity index is 457. The highest BCUT2D eigenvalue weighted by molar-refractivity contribution is 7.80. The Kier molecular flexibility index (Phi) is 23.9. The SMILES string of the molecule is C=CCCCCCCCCC(=O)NC(CCS)C(=O)NCCCCCCCCCCCC. The van der Waals surface area contributed by atoms with Crippen LogP contribution in [0.15, 0.2) is 12.7 Å². The summed E-state index contributed by atoms with van der Waals surface area (Å²) in [6, 6.07) is -0.456. The van der Waals surface area contributed by atoms with Gasteiger partial charge in [-0.3, -0.25) is 9.59 Å². The number of nitrogens with one attached hydrogen (secondary N) is 2. The molecule has 0 bridgehead atoms. The molecule has 32 heavy (non-hydrogen) atoms. The first-order chi connectivity index (χ1) is 15.7. The zero-order valence-electron chi connectivity index (χ0n) is 21.0. The molecule has 0 spiro atoms. The molecule has 0 aliphatic carbocycles. The highest BCUT2D eigenvalue weighted by atomic mass is 32.1. The van der Waals surface area contributed by atoms with Gasteiger partial charge in [0.1, 0.15) is 6.04 Å². The molecule has 0 heterocycles. The fourth-order valence-corrected chi connectivity index (χ4v) is 4.15. The summed E-state index contributed by atoms with van der Waals surface area (Å²) in [5.41, 5.74) is 0. The van der Waals surface area contributed by atoms with Crippen molar-refractivity contribution in [1.82, 2.24) is 10.6 Å². The molecule has 0 aromatic heterocycles. The van der Waals surface area contributed by atoms with Gasteiger partial charge in [0.25, 0.3) is 0 Å². The molecule has 2 amide bonds. The molecule has 0 saturated carbocycles. The second-order valence-electron chi connectivity index (χ2n) is 9.05. The molecule has 188 valence electrons. The van der Waals surface area contributed by atoms with Gasteiger partial charge in [0.2, 0.25) is 11.8 Å². The van der Waals surface area contributed by atoms with Gasteiger partial charge in [0.15, 0.2) is 0 Å². The van der Waals surface area contributed by atoms with Gasteiger partial charge in [-0.2, -0.15) is 12.6 Å². The maximum absolute atomic E-state index is 12.5.